The van der Waals surface area contributed by atoms with Gasteiger partial charge in [0.05, 0.1) is 18.8 Å². The smallest absolute Gasteiger partial charge is 0.220 e. The fraction of sp³-hybridized carbons (Fsp3) is 0.891. The third kappa shape index (κ3) is 38.1. The summed E-state index contributed by atoms with van der Waals surface area (Å²) >= 11 is 0. The Balaban J connectivity index is 3.47. The van der Waals surface area contributed by atoms with E-state index >= 15 is 0 Å². The second-order valence-electron chi connectivity index (χ2n) is 15.5. The van der Waals surface area contributed by atoms with Crippen molar-refractivity contribution in [3.63, 3.8) is 0 Å². The Hall–Kier alpha value is -1.13. The lowest BCUT2D eigenvalue weighted by atomic mass is 10.0. The normalized spacial score (nSPS) is 13.1. The maximum atomic E-state index is 12.4. The van der Waals surface area contributed by atoms with Gasteiger partial charge in [-0.3, -0.25) is 4.79 Å². The van der Waals surface area contributed by atoms with Crippen LogP contribution in [0.5, 0.6) is 0 Å². The standard InChI is InChI=1S/C46H89NO3/c1-3-5-7-9-11-13-15-17-19-20-21-22-23-24-25-26-27-28-29-31-33-35-37-39-41-45(49)44(43-48)47-46(50)42-40-38-36-34-32-30-18-16-14-12-10-8-6-4-2/h10,12,16,18,44-45,48-49H,3-9,11,13-15,17,19-43H2,1-2H3,(H,47,50)/b12-10-,18-16-. The van der Waals surface area contributed by atoms with Gasteiger partial charge in [-0.1, -0.05) is 224 Å². The zero-order valence-corrected chi connectivity index (χ0v) is 33.9. The zero-order valence-electron chi connectivity index (χ0n) is 33.9. The van der Waals surface area contributed by atoms with Crippen molar-refractivity contribution < 1.29 is 15.0 Å². The molecule has 0 saturated carbocycles. The summed E-state index contributed by atoms with van der Waals surface area (Å²) in [4.78, 5) is 12.4. The van der Waals surface area contributed by atoms with E-state index in [1.165, 1.54) is 173 Å². The number of hydrogen-bond donors (Lipinski definition) is 3. The van der Waals surface area contributed by atoms with E-state index in [2.05, 4.69) is 43.5 Å². The molecule has 0 heterocycles. The molecule has 0 aliphatic rings. The van der Waals surface area contributed by atoms with Gasteiger partial charge in [0.1, 0.15) is 0 Å². The minimum Gasteiger partial charge on any atom is -0.394 e. The van der Waals surface area contributed by atoms with E-state index in [0.717, 1.165) is 44.9 Å². The molecule has 4 nitrogen and oxygen atoms in total. The van der Waals surface area contributed by atoms with Crippen LogP contribution in [0.4, 0.5) is 0 Å². The largest absolute Gasteiger partial charge is 0.394 e. The van der Waals surface area contributed by atoms with E-state index in [1.807, 2.05) is 0 Å². The number of hydrogen-bond acceptors (Lipinski definition) is 3. The quantitative estimate of drug-likeness (QED) is 0.0438. The van der Waals surface area contributed by atoms with Crippen molar-refractivity contribution in [3.05, 3.63) is 24.3 Å². The molecule has 0 bridgehead atoms. The predicted molar refractivity (Wildman–Crippen MR) is 221 cm³/mol. The Labute approximate surface area is 313 Å². The summed E-state index contributed by atoms with van der Waals surface area (Å²) in [5, 5.41) is 23.2. The first-order valence-electron chi connectivity index (χ1n) is 22.5. The van der Waals surface area contributed by atoms with E-state index in [1.54, 1.807) is 0 Å². The molecule has 2 unspecified atom stereocenters. The van der Waals surface area contributed by atoms with E-state index in [4.69, 9.17) is 0 Å². The Morgan fingerprint density at radius 2 is 0.840 bits per heavy atom. The molecule has 0 aromatic rings. The van der Waals surface area contributed by atoms with E-state index in [0.29, 0.717) is 12.8 Å². The highest BCUT2D eigenvalue weighted by Crippen LogP contribution is 2.17. The number of carbonyl (C=O) groups is 1. The summed E-state index contributed by atoms with van der Waals surface area (Å²) in [5.74, 6) is -0.0439. The number of aliphatic hydroxyl groups excluding tert-OH is 2. The predicted octanol–water partition coefficient (Wildman–Crippen LogP) is 14.0. The van der Waals surface area contributed by atoms with Crippen LogP contribution < -0.4 is 5.32 Å². The lowest BCUT2D eigenvalue weighted by Gasteiger charge is -2.22. The van der Waals surface area contributed by atoms with E-state index in [9.17, 15) is 15.0 Å². The first-order chi connectivity index (χ1) is 24.7. The average molecular weight is 704 g/mol. The van der Waals surface area contributed by atoms with Crippen LogP contribution >= 0.6 is 0 Å². The zero-order chi connectivity index (χ0) is 36.4. The monoisotopic (exact) mass is 704 g/mol. The molecule has 0 rings (SSSR count). The molecule has 0 aliphatic heterocycles. The van der Waals surface area contributed by atoms with Crippen molar-refractivity contribution in [2.75, 3.05) is 6.61 Å². The van der Waals surface area contributed by atoms with Crippen molar-refractivity contribution in [2.24, 2.45) is 0 Å². The molecular formula is C46H89NO3. The molecule has 0 fully saturated rings. The second-order valence-corrected chi connectivity index (χ2v) is 15.5. The molecule has 3 N–H and O–H groups in total. The lowest BCUT2D eigenvalue weighted by molar-refractivity contribution is -0.123. The highest BCUT2D eigenvalue weighted by Gasteiger charge is 2.20. The maximum Gasteiger partial charge on any atom is 0.220 e. The topological polar surface area (TPSA) is 69.6 Å². The van der Waals surface area contributed by atoms with Gasteiger partial charge in [0.15, 0.2) is 0 Å². The van der Waals surface area contributed by atoms with Crippen LogP contribution in [0.3, 0.4) is 0 Å². The molecule has 0 radical (unpaired) electrons. The Kier molecular flexibility index (Phi) is 41.3. The molecule has 0 spiro atoms. The number of carbonyl (C=O) groups excluding carboxylic acids is 1. The number of nitrogens with one attached hydrogen (secondary N) is 1. The van der Waals surface area contributed by atoms with Crippen LogP contribution in [-0.2, 0) is 4.79 Å². The van der Waals surface area contributed by atoms with Crippen LogP contribution in [0.25, 0.3) is 0 Å². The lowest BCUT2D eigenvalue weighted by Crippen LogP contribution is -2.45. The first kappa shape index (κ1) is 48.9. The third-order valence-electron chi connectivity index (χ3n) is 10.5. The van der Waals surface area contributed by atoms with Crippen molar-refractivity contribution in [3.8, 4) is 0 Å². The fourth-order valence-corrected chi connectivity index (χ4v) is 6.97. The van der Waals surface area contributed by atoms with Gasteiger partial charge >= 0.3 is 0 Å². The minimum absolute atomic E-state index is 0.0439. The highest BCUT2D eigenvalue weighted by molar-refractivity contribution is 5.76. The first-order valence-corrected chi connectivity index (χ1v) is 22.5. The van der Waals surface area contributed by atoms with Gasteiger partial charge in [0, 0.05) is 6.42 Å². The summed E-state index contributed by atoms with van der Waals surface area (Å²) in [7, 11) is 0. The number of aliphatic hydroxyl groups is 2. The average Bonchev–Trinajstić information content (AvgIpc) is 3.12. The summed E-state index contributed by atoms with van der Waals surface area (Å²) in [6.45, 7) is 4.32. The molecule has 50 heavy (non-hydrogen) atoms. The van der Waals surface area contributed by atoms with Gasteiger partial charge in [-0.15, -0.1) is 0 Å². The highest BCUT2D eigenvalue weighted by atomic mass is 16.3. The minimum atomic E-state index is -0.663. The van der Waals surface area contributed by atoms with Crippen molar-refractivity contribution in [1.29, 1.82) is 0 Å². The van der Waals surface area contributed by atoms with E-state index in [-0.39, 0.29) is 12.5 Å². The van der Waals surface area contributed by atoms with Crippen LogP contribution in [-0.4, -0.2) is 34.9 Å². The fourth-order valence-electron chi connectivity index (χ4n) is 6.97. The van der Waals surface area contributed by atoms with E-state index < -0.39 is 12.1 Å². The molecule has 0 aliphatic carbocycles. The summed E-state index contributed by atoms with van der Waals surface area (Å²) in [5.41, 5.74) is 0. The summed E-state index contributed by atoms with van der Waals surface area (Å²) < 4.78 is 0. The molecule has 4 heteroatoms. The molecule has 2 atom stereocenters. The summed E-state index contributed by atoms with van der Waals surface area (Å²) in [6.07, 6.45) is 54.1. The second kappa shape index (κ2) is 42.3. The van der Waals surface area contributed by atoms with Gasteiger partial charge in [-0.2, -0.15) is 0 Å². The van der Waals surface area contributed by atoms with Crippen LogP contribution in [0.1, 0.15) is 245 Å². The molecule has 1 amide bonds. The maximum absolute atomic E-state index is 12.4. The van der Waals surface area contributed by atoms with Crippen molar-refractivity contribution in [2.45, 2.75) is 257 Å². The van der Waals surface area contributed by atoms with Crippen LogP contribution in [0.2, 0.25) is 0 Å². The van der Waals surface area contributed by atoms with Gasteiger partial charge < -0.3 is 15.5 Å². The van der Waals surface area contributed by atoms with Crippen molar-refractivity contribution >= 4 is 5.91 Å². The Bertz CT molecular complexity index is 720. The SMILES string of the molecule is CCCC/C=C\C/C=C\CCCCCCCC(=O)NC(CO)C(O)CCCCCCCCCCCCCCCCCCCCCCCCCC. The third-order valence-corrected chi connectivity index (χ3v) is 10.5. The Morgan fingerprint density at radius 1 is 0.480 bits per heavy atom. The number of unbranched alkanes of at least 4 members (excludes halogenated alkanes) is 30. The summed E-state index contributed by atoms with van der Waals surface area (Å²) in [6, 6.07) is -0.541. The van der Waals surface area contributed by atoms with Crippen LogP contribution in [0, 0.1) is 0 Å². The number of rotatable bonds is 41. The molecule has 296 valence electrons. The molecule has 0 aromatic heterocycles. The molecule has 0 aromatic carbocycles. The molecular weight excluding hydrogens is 615 g/mol. The van der Waals surface area contributed by atoms with Crippen molar-refractivity contribution in [1.82, 2.24) is 5.32 Å². The Morgan fingerprint density at radius 3 is 1.26 bits per heavy atom. The number of amides is 1. The van der Waals surface area contributed by atoms with Gasteiger partial charge in [0.2, 0.25) is 5.91 Å². The van der Waals surface area contributed by atoms with Crippen LogP contribution in [0.15, 0.2) is 24.3 Å². The van der Waals surface area contributed by atoms with Gasteiger partial charge in [-0.05, 0) is 38.5 Å². The number of allylic oxidation sites excluding steroid dienone is 4. The van der Waals surface area contributed by atoms with Gasteiger partial charge in [0.25, 0.3) is 0 Å². The molecule has 0 saturated heterocycles. The van der Waals surface area contributed by atoms with Gasteiger partial charge in [-0.25, -0.2) is 0 Å².